The predicted molar refractivity (Wildman–Crippen MR) is 54.2 cm³/mol. The van der Waals surface area contributed by atoms with Crippen LogP contribution in [0.1, 0.15) is 17.3 Å². The molecule has 0 saturated carbocycles. The van der Waals surface area contributed by atoms with Gasteiger partial charge in [-0.1, -0.05) is 0 Å². The van der Waals surface area contributed by atoms with Gasteiger partial charge in [0.05, 0.1) is 6.61 Å². The first-order valence-corrected chi connectivity index (χ1v) is 4.95. The highest BCUT2D eigenvalue weighted by Gasteiger charge is 2.20. The molecule has 2 aromatic rings. The summed E-state index contributed by atoms with van der Waals surface area (Å²) in [6, 6.07) is 1.75. The number of esters is 1. The lowest BCUT2D eigenvalue weighted by atomic mass is 10.3. The minimum atomic E-state index is -0.388. The van der Waals surface area contributed by atoms with Gasteiger partial charge in [0, 0.05) is 6.20 Å². The molecule has 4 nitrogen and oxygen atoms in total. The van der Waals surface area contributed by atoms with Crippen LogP contribution >= 0.6 is 15.9 Å². The van der Waals surface area contributed by atoms with Crippen molar-refractivity contribution in [2.45, 2.75) is 6.92 Å². The average Bonchev–Trinajstić information content (AvgIpc) is 2.63. The molecule has 2 heterocycles. The lowest BCUT2D eigenvalue weighted by Crippen LogP contribution is -2.04. The summed E-state index contributed by atoms with van der Waals surface area (Å²) in [5.41, 5.74) is 1.71. The van der Waals surface area contributed by atoms with Gasteiger partial charge in [-0.15, -0.1) is 0 Å². The number of ether oxygens (including phenoxy) is 1. The zero-order valence-corrected chi connectivity index (χ0v) is 9.05. The van der Waals surface area contributed by atoms with Crippen LogP contribution < -0.4 is 0 Å². The Morgan fingerprint density at radius 2 is 2.50 bits per heavy atom. The molecule has 74 valence electrons. The molecule has 0 spiro atoms. The number of H-pyrrole nitrogens is 1. The second-order valence-electron chi connectivity index (χ2n) is 2.69. The van der Waals surface area contributed by atoms with E-state index in [9.17, 15) is 4.79 Å². The highest BCUT2D eigenvalue weighted by Crippen LogP contribution is 2.29. The molecule has 0 fully saturated rings. The summed E-state index contributed by atoms with van der Waals surface area (Å²) in [6.07, 6.45) is 1.71. The summed E-state index contributed by atoms with van der Waals surface area (Å²) >= 11 is 3.17. The van der Waals surface area contributed by atoms with Gasteiger partial charge in [-0.3, -0.25) is 0 Å². The maximum Gasteiger partial charge on any atom is 0.344 e. The van der Waals surface area contributed by atoms with Gasteiger partial charge in [0.15, 0.2) is 10.3 Å². The SMILES string of the molecule is CCOC(=O)c1c(Br)oc2cc[nH]c12. The number of fused-ring (bicyclic) bond motifs is 1. The van der Waals surface area contributed by atoms with E-state index in [2.05, 4.69) is 20.9 Å². The summed E-state index contributed by atoms with van der Waals surface area (Å²) in [6.45, 7) is 2.11. The smallest absolute Gasteiger partial charge is 0.344 e. The lowest BCUT2D eigenvalue weighted by molar-refractivity contribution is 0.0526. The maximum atomic E-state index is 11.5. The molecule has 0 aromatic carbocycles. The van der Waals surface area contributed by atoms with Crippen LogP contribution in [-0.4, -0.2) is 17.6 Å². The topological polar surface area (TPSA) is 55.2 Å². The number of nitrogens with one attached hydrogen (secondary N) is 1. The van der Waals surface area contributed by atoms with Crippen LogP contribution in [0.5, 0.6) is 0 Å². The van der Waals surface area contributed by atoms with Crippen molar-refractivity contribution in [2.24, 2.45) is 0 Å². The van der Waals surface area contributed by atoms with Crippen LogP contribution in [0.4, 0.5) is 0 Å². The molecular formula is C9H8BrNO3. The Bertz CT molecular complexity index is 471. The fourth-order valence-electron chi connectivity index (χ4n) is 1.27. The highest BCUT2D eigenvalue weighted by molar-refractivity contribution is 9.10. The van der Waals surface area contributed by atoms with Crippen LogP contribution in [0.25, 0.3) is 11.1 Å². The summed E-state index contributed by atoms with van der Waals surface area (Å²) in [5, 5.41) is 0. The van der Waals surface area contributed by atoms with Crippen molar-refractivity contribution in [3.8, 4) is 0 Å². The molecular weight excluding hydrogens is 250 g/mol. The second kappa shape index (κ2) is 3.49. The number of aromatic nitrogens is 1. The van der Waals surface area contributed by atoms with Crippen LogP contribution in [0.2, 0.25) is 0 Å². The molecule has 5 heteroatoms. The quantitative estimate of drug-likeness (QED) is 0.842. The summed E-state index contributed by atoms with van der Waals surface area (Å²) in [7, 11) is 0. The number of hydrogen-bond donors (Lipinski definition) is 1. The van der Waals surface area contributed by atoms with Crippen LogP contribution in [0, 0.1) is 0 Å². The molecule has 0 aliphatic rings. The third-order valence-electron chi connectivity index (χ3n) is 1.83. The molecule has 0 amide bonds. The number of aromatic amines is 1. The standard InChI is InChI=1S/C9H8BrNO3/c1-2-13-9(12)6-7-5(3-4-11-7)14-8(6)10/h3-4,11H,2H2,1H3. The minimum absolute atomic E-state index is 0.346. The van der Waals surface area contributed by atoms with E-state index in [4.69, 9.17) is 9.15 Å². The van der Waals surface area contributed by atoms with E-state index in [-0.39, 0.29) is 5.97 Å². The molecule has 0 saturated heterocycles. The molecule has 1 N–H and O–H groups in total. The van der Waals surface area contributed by atoms with E-state index in [1.807, 2.05) is 0 Å². The minimum Gasteiger partial charge on any atom is -0.462 e. The number of hydrogen-bond acceptors (Lipinski definition) is 3. The maximum absolute atomic E-state index is 11.5. The molecule has 0 aliphatic heterocycles. The van der Waals surface area contributed by atoms with Gasteiger partial charge in [-0.2, -0.15) is 0 Å². The van der Waals surface area contributed by atoms with Gasteiger partial charge in [0.1, 0.15) is 11.1 Å². The van der Waals surface area contributed by atoms with Gasteiger partial charge >= 0.3 is 5.97 Å². The third kappa shape index (κ3) is 1.33. The van der Waals surface area contributed by atoms with Gasteiger partial charge in [-0.05, 0) is 28.9 Å². The van der Waals surface area contributed by atoms with Gasteiger partial charge in [-0.25, -0.2) is 4.79 Å². The van der Waals surface area contributed by atoms with Crippen LogP contribution in [0.3, 0.4) is 0 Å². The zero-order chi connectivity index (χ0) is 10.1. The molecule has 14 heavy (non-hydrogen) atoms. The number of carbonyl (C=O) groups excluding carboxylic acids is 1. The van der Waals surface area contributed by atoms with Gasteiger partial charge in [0.25, 0.3) is 0 Å². The fraction of sp³-hybridized carbons (Fsp3) is 0.222. The molecule has 0 bridgehead atoms. The van der Waals surface area contributed by atoms with E-state index < -0.39 is 0 Å². The van der Waals surface area contributed by atoms with Crippen LogP contribution in [0.15, 0.2) is 21.3 Å². The number of halogens is 1. The van der Waals surface area contributed by atoms with Crippen LogP contribution in [-0.2, 0) is 4.74 Å². The van der Waals surface area contributed by atoms with Gasteiger partial charge < -0.3 is 14.1 Å². The molecule has 2 aromatic heterocycles. The Kier molecular flexibility index (Phi) is 2.33. The molecule has 0 unspecified atom stereocenters. The Hall–Kier alpha value is -1.23. The summed E-state index contributed by atoms with van der Waals surface area (Å²) < 4.78 is 10.6. The number of furan rings is 1. The Morgan fingerprint density at radius 1 is 1.71 bits per heavy atom. The Balaban J connectivity index is 2.53. The number of rotatable bonds is 2. The van der Waals surface area contributed by atoms with E-state index in [1.165, 1.54) is 0 Å². The highest BCUT2D eigenvalue weighted by atomic mass is 79.9. The van der Waals surface area contributed by atoms with E-state index >= 15 is 0 Å². The number of carbonyl (C=O) groups is 1. The van der Waals surface area contributed by atoms with Gasteiger partial charge in [0.2, 0.25) is 0 Å². The van der Waals surface area contributed by atoms with Crippen molar-refractivity contribution in [3.05, 3.63) is 22.5 Å². The first-order chi connectivity index (χ1) is 6.74. The normalized spacial score (nSPS) is 10.7. The monoisotopic (exact) mass is 257 g/mol. The van der Waals surface area contributed by atoms with E-state index in [0.717, 1.165) is 0 Å². The zero-order valence-electron chi connectivity index (χ0n) is 7.46. The Morgan fingerprint density at radius 3 is 3.21 bits per heavy atom. The van der Waals surface area contributed by atoms with E-state index in [1.54, 1.807) is 19.2 Å². The van der Waals surface area contributed by atoms with Crippen molar-refractivity contribution in [1.29, 1.82) is 0 Å². The predicted octanol–water partition coefficient (Wildman–Crippen LogP) is 2.70. The fourth-order valence-corrected chi connectivity index (χ4v) is 1.80. The Labute approximate surface area is 88.4 Å². The van der Waals surface area contributed by atoms with Crippen molar-refractivity contribution >= 4 is 33.0 Å². The first kappa shape index (κ1) is 9.33. The lowest BCUT2D eigenvalue weighted by Gasteiger charge is -1.98. The third-order valence-corrected chi connectivity index (χ3v) is 2.39. The summed E-state index contributed by atoms with van der Waals surface area (Å²) in [5.74, 6) is -0.388. The molecule has 2 rings (SSSR count). The molecule has 0 radical (unpaired) electrons. The summed E-state index contributed by atoms with van der Waals surface area (Å²) in [4.78, 5) is 14.4. The largest absolute Gasteiger partial charge is 0.462 e. The molecule has 0 aliphatic carbocycles. The van der Waals surface area contributed by atoms with E-state index in [0.29, 0.717) is 27.9 Å². The molecule has 0 atom stereocenters. The van der Waals surface area contributed by atoms with Crippen molar-refractivity contribution < 1.29 is 13.9 Å². The van der Waals surface area contributed by atoms with Crippen molar-refractivity contribution in [2.75, 3.05) is 6.61 Å². The second-order valence-corrected chi connectivity index (χ2v) is 3.41. The van der Waals surface area contributed by atoms with Crippen molar-refractivity contribution in [3.63, 3.8) is 0 Å². The average molecular weight is 258 g/mol. The first-order valence-electron chi connectivity index (χ1n) is 4.16. The van der Waals surface area contributed by atoms with Crippen molar-refractivity contribution in [1.82, 2.24) is 4.98 Å².